The van der Waals surface area contributed by atoms with E-state index in [1.807, 2.05) is 31.2 Å². The van der Waals surface area contributed by atoms with Crippen LogP contribution in [0.25, 0.3) is 0 Å². The molecule has 1 aliphatic rings. The van der Waals surface area contributed by atoms with Gasteiger partial charge in [-0.05, 0) is 29.7 Å². The second-order valence-corrected chi connectivity index (χ2v) is 5.52. The molecule has 1 amide bonds. The van der Waals surface area contributed by atoms with E-state index < -0.39 is 6.10 Å². The molecule has 0 saturated carbocycles. The van der Waals surface area contributed by atoms with Gasteiger partial charge in [-0.3, -0.25) is 9.69 Å². The van der Waals surface area contributed by atoms with Crippen molar-refractivity contribution in [3.05, 3.63) is 47.5 Å². The number of nitrogen functional groups attached to an aromatic ring is 1. The first-order chi connectivity index (χ1) is 11.1. The predicted molar refractivity (Wildman–Crippen MR) is 88.9 cm³/mol. The highest BCUT2D eigenvalue weighted by molar-refractivity contribution is 5.99. The largest absolute Gasteiger partial charge is 0.477 e. The third-order valence-electron chi connectivity index (χ3n) is 3.90. The van der Waals surface area contributed by atoms with Gasteiger partial charge in [0, 0.05) is 6.54 Å². The van der Waals surface area contributed by atoms with Crippen LogP contribution in [0.3, 0.4) is 0 Å². The Hall–Kier alpha value is -2.60. The molecule has 1 unspecified atom stereocenters. The summed E-state index contributed by atoms with van der Waals surface area (Å²) in [4.78, 5) is 18.6. The maximum atomic E-state index is 12.7. The first-order valence-corrected chi connectivity index (χ1v) is 7.64. The first kappa shape index (κ1) is 15.3. The number of rotatable bonds is 4. The number of aromatic nitrogens is 1. The van der Waals surface area contributed by atoms with Gasteiger partial charge in [-0.1, -0.05) is 31.2 Å². The molecule has 23 heavy (non-hydrogen) atoms. The fourth-order valence-corrected chi connectivity index (χ4v) is 2.59. The van der Waals surface area contributed by atoms with Crippen molar-refractivity contribution in [1.82, 2.24) is 4.98 Å². The number of hydrogen-bond donors (Lipinski definition) is 2. The number of anilines is 2. The molecule has 0 aliphatic carbocycles. The molecule has 2 aromatic rings. The monoisotopic (exact) mass is 312 g/mol. The molecule has 1 atom stereocenters. The molecule has 6 nitrogen and oxygen atoms in total. The van der Waals surface area contributed by atoms with Gasteiger partial charge in [0.25, 0.3) is 5.91 Å². The van der Waals surface area contributed by atoms with Crippen LogP contribution in [-0.4, -0.2) is 17.0 Å². The van der Waals surface area contributed by atoms with E-state index >= 15 is 0 Å². The number of fused-ring (bicyclic) bond motifs is 1. The Morgan fingerprint density at radius 3 is 2.52 bits per heavy atom. The first-order valence-electron chi connectivity index (χ1n) is 7.64. The van der Waals surface area contributed by atoms with Crippen LogP contribution in [0.4, 0.5) is 11.6 Å². The van der Waals surface area contributed by atoms with Gasteiger partial charge in [0.2, 0.25) is 0 Å². The number of carbonyl (C=O) groups excluding carboxylic acids is 1. The van der Waals surface area contributed by atoms with E-state index in [0.29, 0.717) is 36.9 Å². The topological polar surface area (TPSA) is 94.5 Å². The van der Waals surface area contributed by atoms with Gasteiger partial charge in [0.15, 0.2) is 17.7 Å². The highest BCUT2D eigenvalue weighted by Crippen LogP contribution is 2.34. The summed E-state index contributed by atoms with van der Waals surface area (Å²) in [6, 6.07) is 11.3. The number of pyridine rings is 1. The second-order valence-electron chi connectivity index (χ2n) is 5.52. The van der Waals surface area contributed by atoms with Crippen LogP contribution in [0.1, 0.15) is 24.5 Å². The van der Waals surface area contributed by atoms with Crippen molar-refractivity contribution in [2.75, 3.05) is 10.6 Å². The van der Waals surface area contributed by atoms with Crippen molar-refractivity contribution in [2.45, 2.75) is 32.5 Å². The molecule has 0 radical (unpaired) electrons. The van der Waals surface area contributed by atoms with E-state index in [2.05, 4.69) is 4.98 Å². The third kappa shape index (κ3) is 2.98. The minimum absolute atomic E-state index is 0.0963. The van der Waals surface area contributed by atoms with E-state index in [-0.39, 0.29) is 5.91 Å². The number of carbonyl (C=O) groups is 1. The Bertz CT molecular complexity index is 715. The van der Waals surface area contributed by atoms with Crippen molar-refractivity contribution in [1.29, 1.82) is 0 Å². The number of benzene rings is 1. The van der Waals surface area contributed by atoms with E-state index in [0.717, 1.165) is 11.1 Å². The van der Waals surface area contributed by atoms with Crippen molar-refractivity contribution >= 4 is 17.5 Å². The Balaban J connectivity index is 1.95. The highest BCUT2D eigenvalue weighted by Gasteiger charge is 2.34. The molecule has 0 spiro atoms. The maximum Gasteiger partial charge on any atom is 0.269 e. The molecule has 2 heterocycles. The zero-order valence-electron chi connectivity index (χ0n) is 13.0. The SMILES string of the molecule is CCC1Oc2ccc(N)nc2N(Cc2ccc(CN)cc2)C1=O. The van der Waals surface area contributed by atoms with Crippen LogP contribution in [-0.2, 0) is 17.9 Å². The summed E-state index contributed by atoms with van der Waals surface area (Å²) in [5, 5.41) is 0. The standard InChI is InChI=1S/C17H20N4O2/c1-2-13-17(22)21(10-12-5-3-11(9-18)4-6-12)16-14(23-13)7-8-15(19)20-16/h3-8,13H,2,9-10,18H2,1H3,(H2,19,20). The molecular formula is C17H20N4O2. The molecule has 0 bridgehead atoms. The maximum absolute atomic E-state index is 12.7. The van der Waals surface area contributed by atoms with Gasteiger partial charge >= 0.3 is 0 Å². The van der Waals surface area contributed by atoms with Crippen LogP contribution in [0, 0.1) is 0 Å². The molecule has 1 aliphatic heterocycles. The molecule has 4 N–H and O–H groups in total. The van der Waals surface area contributed by atoms with Crippen molar-refractivity contribution in [3.8, 4) is 5.75 Å². The number of ether oxygens (including phenoxy) is 1. The molecule has 3 rings (SSSR count). The van der Waals surface area contributed by atoms with Gasteiger partial charge in [-0.25, -0.2) is 4.98 Å². The second kappa shape index (κ2) is 6.26. The van der Waals surface area contributed by atoms with Crippen molar-refractivity contribution < 1.29 is 9.53 Å². The summed E-state index contributed by atoms with van der Waals surface area (Å²) < 4.78 is 5.73. The molecule has 0 fully saturated rings. The van der Waals surface area contributed by atoms with Crippen molar-refractivity contribution in [2.24, 2.45) is 5.73 Å². The van der Waals surface area contributed by atoms with E-state index in [1.165, 1.54) is 0 Å². The van der Waals surface area contributed by atoms with Crippen LogP contribution in [0.15, 0.2) is 36.4 Å². The highest BCUT2D eigenvalue weighted by atomic mass is 16.5. The summed E-state index contributed by atoms with van der Waals surface area (Å²) in [5.74, 6) is 1.33. The average molecular weight is 312 g/mol. The zero-order chi connectivity index (χ0) is 16.4. The lowest BCUT2D eigenvalue weighted by atomic mass is 10.1. The van der Waals surface area contributed by atoms with E-state index in [9.17, 15) is 4.79 Å². The van der Waals surface area contributed by atoms with Crippen LogP contribution >= 0.6 is 0 Å². The summed E-state index contributed by atoms with van der Waals surface area (Å²) in [7, 11) is 0. The van der Waals surface area contributed by atoms with Crippen LogP contribution < -0.4 is 21.1 Å². The van der Waals surface area contributed by atoms with Gasteiger partial charge in [0.05, 0.1) is 6.54 Å². The van der Waals surface area contributed by atoms with E-state index in [4.69, 9.17) is 16.2 Å². The summed E-state index contributed by atoms with van der Waals surface area (Å²) >= 11 is 0. The summed E-state index contributed by atoms with van der Waals surface area (Å²) in [6.45, 7) is 2.84. The molecule has 1 aromatic carbocycles. The average Bonchev–Trinajstić information content (AvgIpc) is 2.58. The van der Waals surface area contributed by atoms with Crippen LogP contribution in [0.5, 0.6) is 5.75 Å². The number of amides is 1. The lowest BCUT2D eigenvalue weighted by Gasteiger charge is -2.33. The van der Waals surface area contributed by atoms with Gasteiger partial charge in [0.1, 0.15) is 5.82 Å². The Morgan fingerprint density at radius 2 is 1.87 bits per heavy atom. The Morgan fingerprint density at radius 1 is 1.17 bits per heavy atom. The molecule has 0 saturated heterocycles. The van der Waals surface area contributed by atoms with E-state index in [1.54, 1.807) is 17.0 Å². The third-order valence-corrected chi connectivity index (χ3v) is 3.90. The minimum atomic E-state index is -0.490. The zero-order valence-corrected chi connectivity index (χ0v) is 13.0. The molecule has 6 heteroatoms. The smallest absolute Gasteiger partial charge is 0.269 e. The number of nitrogens with zero attached hydrogens (tertiary/aromatic N) is 2. The number of nitrogens with two attached hydrogens (primary N) is 2. The fourth-order valence-electron chi connectivity index (χ4n) is 2.59. The summed E-state index contributed by atoms with van der Waals surface area (Å²) in [5.41, 5.74) is 13.4. The lowest BCUT2D eigenvalue weighted by molar-refractivity contribution is -0.126. The molecule has 120 valence electrons. The Labute approximate surface area is 135 Å². The quantitative estimate of drug-likeness (QED) is 0.898. The lowest BCUT2D eigenvalue weighted by Crippen LogP contribution is -2.45. The molecule has 1 aromatic heterocycles. The van der Waals surface area contributed by atoms with Gasteiger partial charge < -0.3 is 16.2 Å². The van der Waals surface area contributed by atoms with Crippen LogP contribution in [0.2, 0.25) is 0 Å². The fraction of sp³-hybridized carbons (Fsp3) is 0.294. The Kier molecular flexibility index (Phi) is 4.16. The van der Waals surface area contributed by atoms with Gasteiger partial charge in [-0.2, -0.15) is 0 Å². The van der Waals surface area contributed by atoms with Crippen molar-refractivity contribution in [3.63, 3.8) is 0 Å². The normalized spacial score (nSPS) is 16.9. The summed E-state index contributed by atoms with van der Waals surface area (Å²) in [6.07, 6.45) is 0.113. The van der Waals surface area contributed by atoms with Gasteiger partial charge in [-0.15, -0.1) is 0 Å². The predicted octanol–water partition coefficient (Wildman–Crippen LogP) is 1.83. The minimum Gasteiger partial charge on any atom is -0.477 e. The number of hydrogen-bond acceptors (Lipinski definition) is 5. The molecular weight excluding hydrogens is 292 g/mol.